The van der Waals surface area contributed by atoms with E-state index in [9.17, 15) is 9.59 Å². The second kappa shape index (κ2) is 4.29. The van der Waals surface area contributed by atoms with Crippen molar-refractivity contribution in [2.45, 2.75) is 27.2 Å². The number of aromatic amines is 1. The van der Waals surface area contributed by atoms with Gasteiger partial charge >= 0.3 is 5.97 Å². The van der Waals surface area contributed by atoms with E-state index in [-0.39, 0.29) is 0 Å². The van der Waals surface area contributed by atoms with Crippen LogP contribution in [0.2, 0.25) is 0 Å². The number of nitrogens with one attached hydrogen (secondary N) is 1. The Morgan fingerprint density at radius 1 is 1.53 bits per heavy atom. The van der Waals surface area contributed by atoms with Gasteiger partial charge in [0.2, 0.25) is 0 Å². The third-order valence-corrected chi connectivity index (χ3v) is 2.68. The molecule has 0 spiro atoms. The van der Waals surface area contributed by atoms with Crippen LogP contribution in [0.4, 0.5) is 0 Å². The molecule has 0 saturated heterocycles. The Bertz CT molecular complexity index is 393. The van der Waals surface area contributed by atoms with Gasteiger partial charge in [-0.3, -0.25) is 9.59 Å². The van der Waals surface area contributed by atoms with E-state index in [0.717, 1.165) is 23.1 Å². The van der Waals surface area contributed by atoms with Crippen molar-refractivity contribution < 1.29 is 14.7 Å². The first kappa shape index (κ1) is 11.5. The van der Waals surface area contributed by atoms with E-state index < -0.39 is 11.9 Å². The third kappa shape index (κ3) is 2.26. The van der Waals surface area contributed by atoms with Crippen molar-refractivity contribution in [2.24, 2.45) is 5.92 Å². The van der Waals surface area contributed by atoms with Crippen molar-refractivity contribution in [2.75, 3.05) is 0 Å². The molecule has 1 unspecified atom stereocenters. The maximum absolute atomic E-state index is 10.7. The summed E-state index contributed by atoms with van der Waals surface area (Å²) < 4.78 is 0. The normalized spacial score (nSPS) is 12.5. The molecule has 15 heavy (non-hydrogen) atoms. The Morgan fingerprint density at radius 2 is 2.13 bits per heavy atom. The molecule has 0 amide bonds. The van der Waals surface area contributed by atoms with Crippen molar-refractivity contribution in [1.29, 1.82) is 0 Å². The predicted molar refractivity (Wildman–Crippen MR) is 56.2 cm³/mol. The van der Waals surface area contributed by atoms with Gasteiger partial charge in [0.25, 0.3) is 0 Å². The molecule has 1 aromatic heterocycles. The van der Waals surface area contributed by atoms with Gasteiger partial charge in [0.1, 0.15) is 0 Å². The van der Waals surface area contributed by atoms with Gasteiger partial charge < -0.3 is 10.1 Å². The molecule has 0 aromatic carbocycles. The van der Waals surface area contributed by atoms with Gasteiger partial charge in [-0.2, -0.15) is 0 Å². The Morgan fingerprint density at radius 3 is 2.53 bits per heavy atom. The predicted octanol–water partition coefficient (Wildman–Crippen LogP) is 1.71. The number of carbonyl (C=O) groups is 2. The van der Waals surface area contributed by atoms with Crippen LogP contribution in [0.15, 0.2) is 0 Å². The van der Waals surface area contributed by atoms with Crippen LogP contribution in [-0.4, -0.2) is 22.3 Å². The smallest absolute Gasteiger partial charge is 0.306 e. The van der Waals surface area contributed by atoms with Crippen LogP contribution in [-0.2, 0) is 11.2 Å². The van der Waals surface area contributed by atoms with Gasteiger partial charge in [-0.25, -0.2) is 0 Å². The lowest BCUT2D eigenvalue weighted by atomic mass is 9.98. The SMILES string of the molecule is Cc1[nH]c(C=O)c(C)c1CC(C)C(=O)O. The van der Waals surface area contributed by atoms with Gasteiger partial charge in [0.15, 0.2) is 6.29 Å². The number of carboxylic acid groups (broad SMARTS) is 1. The number of aliphatic carboxylic acids is 1. The first-order valence-electron chi connectivity index (χ1n) is 4.83. The second-order valence-electron chi connectivity index (χ2n) is 3.83. The minimum Gasteiger partial charge on any atom is -0.481 e. The molecule has 1 rings (SSSR count). The van der Waals surface area contributed by atoms with Crippen molar-refractivity contribution in [1.82, 2.24) is 4.98 Å². The number of aldehydes is 1. The number of aromatic nitrogens is 1. The fraction of sp³-hybridized carbons (Fsp3) is 0.455. The summed E-state index contributed by atoms with van der Waals surface area (Å²) in [5.41, 5.74) is 3.21. The van der Waals surface area contributed by atoms with Crippen molar-refractivity contribution in [3.05, 3.63) is 22.5 Å². The Balaban J connectivity index is 2.99. The van der Waals surface area contributed by atoms with Crippen molar-refractivity contribution in [3.63, 3.8) is 0 Å². The monoisotopic (exact) mass is 209 g/mol. The Hall–Kier alpha value is -1.58. The molecule has 0 aliphatic carbocycles. The Labute approximate surface area is 88.3 Å². The zero-order valence-electron chi connectivity index (χ0n) is 9.13. The highest BCUT2D eigenvalue weighted by molar-refractivity contribution is 5.76. The topological polar surface area (TPSA) is 70.2 Å². The van der Waals surface area contributed by atoms with Gasteiger partial charge in [-0.15, -0.1) is 0 Å². The maximum atomic E-state index is 10.7. The number of carbonyl (C=O) groups excluding carboxylic acids is 1. The van der Waals surface area contributed by atoms with E-state index in [1.807, 2.05) is 13.8 Å². The molecule has 4 nitrogen and oxygen atoms in total. The largest absolute Gasteiger partial charge is 0.481 e. The summed E-state index contributed by atoms with van der Waals surface area (Å²) in [6, 6.07) is 0. The lowest BCUT2D eigenvalue weighted by Gasteiger charge is -2.06. The number of carboxylic acids is 1. The molecule has 82 valence electrons. The lowest BCUT2D eigenvalue weighted by Crippen LogP contribution is -2.13. The number of aryl methyl sites for hydroxylation is 1. The first-order valence-corrected chi connectivity index (χ1v) is 4.83. The van der Waals surface area contributed by atoms with E-state index >= 15 is 0 Å². The van der Waals surface area contributed by atoms with E-state index in [2.05, 4.69) is 4.98 Å². The average Bonchev–Trinajstić information content (AvgIpc) is 2.44. The molecule has 0 saturated carbocycles. The summed E-state index contributed by atoms with van der Waals surface area (Å²) in [5.74, 6) is -1.25. The summed E-state index contributed by atoms with van der Waals surface area (Å²) in [6.45, 7) is 5.34. The average molecular weight is 209 g/mol. The molecule has 4 heteroatoms. The zero-order chi connectivity index (χ0) is 11.6. The zero-order valence-corrected chi connectivity index (χ0v) is 9.13. The maximum Gasteiger partial charge on any atom is 0.306 e. The van der Waals surface area contributed by atoms with Crippen LogP contribution in [0.1, 0.15) is 34.2 Å². The Kier molecular flexibility index (Phi) is 3.29. The van der Waals surface area contributed by atoms with Crippen LogP contribution in [0, 0.1) is 19.8 Å². The molecule has 0 bridgehead atoms. The summed E-state index contributed by atoms with van der Waals surface area (Å²) >= 11 is 0. The minimum atomic E-state index is -0.817. The fourth-order valence-corrected chi connectivity index (χ4v) is 1.63. The molecule has 0 aliphatic rings. The molecule has 0 aliphatic heterocycles. The van der Waals surface area contributed by atoms with Crippen molar-refractivity contribution >= 4 is 12.3 Å². The van der Waals surface area contributed by atoms with Gasteiger partial charge in [0.05, 0.1) is 11.6 Å². The van der Waals surface area contributed by atoms with Gasteiger partial charge in [0, 0.05) is 5.69 Å². The molecule has 0 radical (unpaired) electrons. The standard InChI is InChI=1S/C11H15NO3/c1-6(11(14)15)4-9-7(2)10(5-13)12-8(9)3/h5-6,12H,4H2,1-3H3,(H,14,15). The number of hydrogen-bond acceptors (Lipinski definition) is 2. The summed E-state index contributed by atoms with van der Waals surface area (Å²) in [7, 11) is 0. The third-order valence-electron chi connectivity index (χ3n) is 2.68. The summed E-state index contributed by atoms with van der Waals surface area (Å²) in [5, 5.41) is 8.81. The molecule has 0 fully saturated rings. The van der Waals surface area contributed by atoms with Crippen LogP contribution in [0.3, 0.4) is 0 Å². The summed E-state index contributed by atoms with van der Waals surface area (Å²) in [4.78, 5) is 24.3. The number of H-pyrrole nitrogens is 1. The molecule has 1 heterocycles. The van der Waals surface area contributed by atoms with Crippen molar-refractivity contribution in [3.8, 4) is 0 Å². The van der Waals surface area contributed by atoms with E-state index in [0.29, 0.717) is 12.1 Å². The first-order chi connectivity index (χ1) is 6.97. The van der Waals surface area contributed by atoms with E-state index in [1.54, 1.807) is 6.92 Å². The van der Waals surface area contributed by atoms with Crippen LogP contribution >= 0.6 is 0 Å². The van der Waals surface area contributed by atoms with Crippen LogP contribution in [0.5, 0.6) is 0 Å². The number of hydrogen-bond donors (Lipinski definition) is 2. The molecule has 1 aromatic rings. The van der Waals surface area contributed by atoms with Crippen LogP contribution < -0.4 is 0 Å². The molecule has 1 atom stereocenters. The highest BCUT2D eigenvalue weighted by Crippen LogP contribution is 2.20. The van der Waals surface area contributed by atoms with Gasteiger partial charge in [-0.1, -0.05) is 6.92 Å². The quantitative estimate of drug-likeness (QED) is 0.741. The molecule has 2 N–H and O–H groups in total. The number of rotatable bonds is 4. The highest BCUT2D eigenvalue weighted by Gasteiger charge is 2.17. The summed E-state index contributed by atoms with van der Waals surface area (Å²) in [6.07, 6.45) is 1.22. The van der Waals surface area contributed by atoms with Crippen LogP contribution in [0.25, 0.3) is 0 Å². The van der Waals surface area contributed by atoms with E-state index in [4.69, 9.17) is 5.11 Å². The molecular formula is C11H15NO3. The highest BCUT2D eigenvalue weighted by atomic mass is 16.4. The second-order valence-corrected chi connectivity index (χ2v) is 3.83. The minimum absolute atomic E-state index is 0.433. The fourth-order valence-electron chi connectivity index (χ4n) is 1.63. The lowest BCUT2D eigenvalue weighted by molar-refractivity contribution is -0.141. The van der Waals surface area contributed by atoms with E-state index in [1.165, 1.54) is 0 Å². The molecular weight excluding hydrogens is 194 g/mol. The van der Waals surface area contributed by atoms with Gasteiger partial charge in [-0.05, 0) is 31.4 Å².